The molecule has 0 unspecified atom stereocenters. The maximum atomic E-state index is 12.2. The number of nitrogens with one attached hydrogen (secondary N) is 1. The zero-order valence-electron chi connectivity index (χ0n) is 12.0. The summed E-state index contributed by atoms with van der Waals surface area (Å²) in [5, 5.41) is 3.40. The Morgan fingerprint density at radius 1 is 1.36 bits per heavy atom. The highest BCUT2D eigenvalue weighted by Gasteiger charge is 2.21. The van der Waals surface area contributed by atoms with Gasteiger partial charge in [-0.3, -0.25) is 4.79 Å². The molecule has 0 radical (unpaired) electrons. The van der Waals surface area contributed by atoms with E-state index in [0.29, 0.717) is 5.75 Å². The second-order valence-corrected chi connectivity index (χ2v) is 6.42. The first kappa shape index (κ1) is 16.0. The molecule has 1 amide bonds. The van der Waals surface area contributed by atoms with Crippen LogP contribution in [0.3, 0.4) is 0 Å². The number of hydrogen-bond acceptors (Lipinski definition) is 7. The largest absolute Gasteiger partial charge is 0.490 e. The van der Waals surface area contributed by atoms with Crippen LogP contribution in [0, 0.1) is 0 Å². The number of amides is 1. The predicted octanol–water partition coefficient (Wildman–Crippen LogP) is 1.12. The highest BCUT2D eigenvalue weighted by atomic mass is 32.2. The third kappa shape index (κ3) is 4.29. The first-order valence-corrected chi connectivity index (χ1v) is 8.08. The molecule has 0 spiro atoms. The van der Waals surface area contributed by atoms with Crippen LogP contribution in [0.5, 0.6) is 5.75 Å². The maximum absolute atomic E-state index is 12.2. The lowest BCUT2D eigenvalue weighted by molar-refractivity contribution is 0.0975. The van der Waals surface area contributed by atoms with Crippen molar-refractivity contribution in [3.63, 3.8) is 0 Å². The van der Waals surface area contributed by atoms with Crippen molar-refractivity contribution >= 4 is 15.9 Å². The molecule has 118 valence electrons. The average Bonchev–Trinajstić information content (AvgIpc) is 2.89. The van der Waals surface area contributed by atoms with Crippen molar-refractivity contribution in [1.29, 1.82) is 0 Å². The van der Waals surface area contributed by atoms with Crippen LogP contribution in [-0.2, 0) is 15.8 Å². The van der Waals surface area contributed by atoms with Gasteiger partial charge in [-0.25, -0.2) is 13.1 Å². The summed E-state index contributed by atoms with van der Waals surface area (Å²) in [6.07, 6.45) is 0.864. The topological polar surface area (TPSA) is 111 Å². The summed E-state index contributed by atoms with van der Waals surface area (Å²) in [7, 11) is -3.94. The lowest BCUT2D eigenvalue weighted by Gasteiger charge is -2.13. The van der Waals surface area contributed by atoms with Crippen molar-refractivity contribution < 1.29 is 22.5 Å². The Bertz CT molecular complexity index is 741. The Morgan fingerprint density at radius 2 is 2.09 bits per heavy atom. The molecule has 1 aromatic carbocycles. The Morgan fingerprint density at radius 3 is 2.73 bits per heavy atom. The van der Waals surface area contributed by atoms with Crippen LogP contribution >= 0.6 is 0 Å². The molecule has 22 heavy (non-hydrogen) atoms. The van der Waals surface area contributed by atoms with E-state index < -0.39 is 21.7 Å². The molecule has 0 aliphatic carbocycles. The van der Waals surface area contributed by atoms with E-state index in [1.54, 1.807) is 18.2 Å². The van der Waals surface area contributed by atoms with E-state index in [0.717, 1.165) is 6.39 Å². The van der Waals surface area contributed by atoms with Crippen LogP contribution in [-0.4, -0.2) is 30.6 Å². The molecule has 0 aliphatic heterocycles. The minimum Gasteiger partial charge on any atom is -0.490 e. The summed E-state index contributed by atoms with van der Waals surface area (Å²) in [4.78, 5) is 15.8. The minimum absolute atomic E-state index is 0.0352. The summed E-state index contributed by atoms with van der Waals surface area (Å²) >= 11 is 0. The van der Waals surface area contributed by atoms with Gasteiger partial charge in [-0.1, -0.05) is 17.3 Å². The number of sulfonamides is 1. The number of nitrogens with zero attached hydrogens (tertiary/aromatic N) is 2. The smallest absolute Gasteiger partial charge is 0.268 e. The number of hydrogen-bond donors (Lipinski definition) is 1. The van der Waals surface area contributed by atoms with Gasteiger partial charge < -0.3 is 9.26 Å². The van der Waals surface area contributed by atoms with Crippen molar-refractivity contribution in [3.05, 3.63) is 42.0 Å². The van der Waals surface area contributed by atoms with E-state index in [4.69, 9.17) is 4.74 Å². The molecule has 0 fully saturated rings. The van der Waals surface area contributed by atoms with Gasteiger partial charge in [0, 0.05) is 0 Å². The zero-order chi connectivity index (χ0) is 16.2. The van der Waals surface area contributed by atoms with Gasteiger partial charge in [0.25, 0.3) is 5.91 Å². The van der Waals surface area contributed by atoms with Gasteiger partial charge in [0.05, 0.1) is 11.7 Å². The Kier molecular flexibility index (Phi) is 4.76. The zero-order valence-corrected chi connectivity index (χ0v) is 12.8. The maximum Gasteiger partial charge on any atom is 0.268 e. The molecule has 1 heterocycles. The van der Waals surface area contributed by atoms with Gasteiger partial charge >= 0.3 is 0 Å². The molecule has 9 heteroatoms. The van der Waals surface area contributed by atoms with Gasteiger partial charge in [-0.2, -0.15) is 4.98 Å². The van der Waals surface area contributed by atoms with E-state index >= 15 is 0 Å². The fourth-order valence-electron chi connectivity index (χ4n) is 1.67. The molecule has 0 saturated carbocycles. The van der Waals surface area contributed by atoms with E-state index in [1.807, 2.05) is 18.6 Å². The number of ether oxygens (including phenoxy) is 1. The first-order chi connectivity index (χ1) is 10.4. The van der Waals surface area contributed by atoms with Gasteiger partial charge in [-0.05, 0) is 26.0 Å². The Hall–Kier alpha value is -2.42. The number of carbonyl (C=O) groups excluding carboxylic acids is 1. The molecule has 0 aliphatic rings. The lowest BCUT2D eigenvalue weighted by atomic mass is 10.2. The van der Waals surface area contributed by atoms with Crippen molar-refractivity contribution in [1.82, 2.24) is 14.9 Å². The molecule has 2 aromatic rings. The van der Waals surface area contributed by atoms with E-state index in [9.17, 15) is 13.2 Å². The molecule has 0 saturated heterocycles. The van der Waals surface area contributed by atoms with Crippen LogP contribution in [0.4, 0.5) is 0 Å². The molecular weight excluding hydrogens is 310 g/mol. The molecule has 0 atom stereocenters. The quantitative estimate of drug-likeness (QED) is 0.847. The summed E-state index contributed by atoms with van der Waals surface area (Å²) in [5.74, 6) is -1.06. The van der Waals surface area contributed by atoms with Gasteiger partial charge in [0.2, 0.25) is 16.4 Å². The second kappa shape index (κ2) is 6.56. The van der Waals surface area contributed by atoms with Crippen molar-refractivity contribution in [2.24, 2.45) is 0 Å². The van der Waals surface area contributed by atoms with Gasteiger partial charge in [-0.15, -0.1) is 0 Å². The van der Waals surface area contributed by atoms with Crippen molar-refractivity contribution in [2.75, 3.05) is 0 Å². The van der Waals surface area contributed by atoms with E-state index in [1.165, 1.54) is 6.07 Å². The normalized spacial score (nSPS) is 11.4. The van der Waals surface area contributed by atoms with E-state index in [-0.39, 0.29) is 17.5 Å². The molecule has 0 bridgehead atoms. The summed E-state index contributed by atoms with van der Waals surface area (Å²) in [6, 6.07) is 6.40. The average molecular weight is 325 g/mol. The number of benzene rings is 1. The summed E-state index contributed by atoms with van der Waals surface area (Å²) in [6.45, 7) is 3.61. The monoisotopic (exact) mass is 325 g/mol. The minimum atomic E-state index is -3.94. The summed E-state index contributed by atoms with van der Waals surface area (Å²) in [5.41, 5.74) is 0.132. The summed E-state index contributed by atoms with van der Waals surface area (Å²) < 4.78 is 35.7. The number of carbonyl (C=O) groups is 1. The van der Waals surface area contributed by atoms with Crippen LogP contribution in [0.2, 0.25) is 0 Å². The lowest BCUT2D eigenvalue weighted by Crippen LogP contribution is -2.32. The molecule has 1 aromatic heterocycles. The highest BCUT2D eigenvalue weighted by Crippen LogP contribution is 2.19. The highest BCUT2D eigenvalue weighted by molar-refractivity contribution is 7.89. The van der Waals surface area contributed by atoms with Crippen LogP contribution in [0.1, 0.15) is 30.0 Å². The molecule has 2 rings (SSSR count). The number of rotatable bonds is 6. The van der Waals surface area contributed by atoms with Crippen LogP contribution in [0.15, 0.2) is 35.2 Å². The van der Waals surface area contributed by atoms with Crippen LogP contribution in [0.25, 0.3) is 0 Å². The Labute approximate surface area is 127 Å². The van der Waals surface area contributed by atoms with Gasteiger partial charge in [0.15, 0.2) is 5.82 Å². The second-order valence-electron chi connectivity index (χ2n) is 4.70. The van der Waals surface area contributed by atoms with Crippen molar-refractivity contribution in [2.45, 2.75) is 25.7 Å². The molecule has 8 nitrogen and oxygen atoms in total. The molecular formula is C13H15N3O5S. The fourth-order valence-corrected chi connectivity index (χ4v) is 2.60. The van der Waals surface area contributed by atoms with Crippen molar-refractivity contribution in [3.8, 4) is 5.75 Å². The SMILES string of the molecule is CC(C)Oc1ccccc1C(=O)NS(=O)(=O)Cc1ncon1. The fraction of sp³-hybridized carbons (Fsp3) is 0.308. The third-order valence-electron chi connectivity index (χ3n) is 2.47. The number of aromatic nitrogens is 2. The Balaban J connectivity index is 2.15. The van der Waals surface area contributed by atoms with Crippen LogP contribution < -0.4 is 9.46 Å². The third-order valence-corrected chi connectivity index (χ3v) is 3.60. The molecule has 1 N–H and O–H groups in total. The number of para-hydroxylation sites is 1. The van der Waals surface area contributed by atoms with Gasteiger partial charge in [0.1, 0.15) is 11.5 Å². The predicted molar refractivity (Wildman–Crippen MR) is 76.6 cm³/mol. The standard InChI is InChI=1S/C13H15N3O5S/c1-9(2)21-11-6-4-3-5-10(11)13(17)16-22(18,19)7-12-14-8-20-15-12/h3-6,8-9H,7H2,1-2H3,(H,16,17). The first-order valence-electron chi connectivity index (χ1n) is 6.43. The van der Waals surface area contributed by atoms with E-state index in [2.05, 4.69) is 14.7 Å².